The zero-order valence-electron chi connectivity index (χ0n) is 10.9. The van der Waals surface area contributed by atoms with E-state index in [1.54, 1.807) is 0 Å². The lowest BCUT2D eigenvalue weighted by Gasteiger charge is -2.28. The molecule has 1 saturated heterocycles. The molecule has 98 valence electrons. The number of rotatable bonds is 2. The molecule has 0 aromatic carbocycles. The van der Waals surface area contributed by atoms with Crippen LogP contribution < -0.4 is 11.1 Å². The SMILES string of the molecule is Cc1nn(C)c2sc(C3CCNC(CN)C3)cc12. The highest BCUT2D eigenvalue weighted by Crippen LogP contribution is 2.37. The largest absolute Gasteiger partial charge is 0.329 e. The molecule has 1 aliphatic rings. The van der Waals surface area contributed by atoms with E-state index in [2.05, 4.69) is 23.4 Å². The van der Waals surface area contributed by atoms with Gasteiger partial charge in [0.15, 0.2) is 0 Å². The Morgan fingerprint density at radius 3 is 3.17 bits per heavy atom. The van der Waals surface area contributed by atoms with Gasteiger partial charge in [-0.25, -0.2) is 0 Å². The smallest absolute Gasteiger partial charge is 0.121 e. The Bertz CT molecular complexity index is 522. The van der Waals surface area contributed by atoms with Crippen molar-refractivity contribution in [1.29, 1.82) is 0 Å². The van der Waals surface area contributed by atoms with E-state index in [1.165, 1.54) is 21.5 Å². The minimum Gasteiger partial charge on any atom is -0.329 e. The first-order valence-electron chi connectivity index (χ1n) is 6.55. The number of nitrogens with one attached hydrogen (secondary N) is 1. The van der Waals surface area contributed by atoms with Crippen LogP contribution >= 0.6 is 11.3 Å². The first kappa shape index (κ1) is 12.1. The van der Waals surface area contributed by atoms with Gasteiger partial charge < -0.3 is 11.1 Å². The number of hydrogen-bond acceptors (Lipinski definition) is 4. The molecule has 0 amide bonds. The number of nitrogens with zero attached hydrogens (tertiary/aromatic N) is 2. The van der Waals surface area contributed by atoms with E-state index >= 15 is 0 Å². The second-order valence-electron chi connectivity index (χ2n) is 5.18. The molecule has 0 radical (unpaired) electrons. The molecule has 1 aliphatic heterocycles. The molecule has 18 heavy (non-hydrogen) atoms. The van der Waals surface area contributed by atoms with Crippen molar-refractivity contribution in [1.82, 2.24) is 15.1 Å². The second kappa shape index (κ2) is 4.64. The fraction of sp³-hybridized carbons (Fsp3) is 0.615. The average molecular weight is 264 g/mol. The van der Waals surface area contributed by atoms with E-state index in [1.807, 2.05) is 23.1 Å². The molecule has 0 bridgehead atoms. The molecule has 0 spiro atoms. The number of fused-ring (bicyclic) bond motifs is 1. The van der Waals surface area contributed by atoms with Crippen LogP contribution in [-0.4, -0.2) is 28.9 Å². The van der Waals surface area contributed by atoms with Crippen LogP contribution in [0.1, 0.15) is 29.3 Å². The maximum atomic E-state index is 5.77. The van der Waals surface area contributed by atoms with Crippen LogP contribution in [0, 0.1) is 6.92 Å². The van der Waals surface area contributed by atoms with Crippen LogP contribution in [0.2, 0.25) is 0 Å². The highest BCUT2D eigenvalue weighted by Gasteiger charge is 2.24. The predicted molar refractivity (Wildman–Crippen MR) is 76.1 cm³/mol. The molecule has 0 aliphatic carbocycles. The van der Waals surface area contributed by atoms with Crippen LogP contribution in [0.4, 0.5) is 0 Å². The number of nitrogens with two attached hydrogens (primary N) is 1. The molecule has 3 N–H and O–H groups in total. The molecule has 3 rings (SSSR count). The highest BCUT2D eigenvalue weighted by atomic mass is 32.1. The summed E-state index contributed by atoms with van der Waals surface area (Å²) in [6, 6.07) is 2.82. The van der Waals surface area contributed by atoms with Crippen molar-refractivity contribution in [3.8, 4) is 0 Å². The third kappa shape index (κ3) is 1.96. The van der Waals surface area contributed by atoms with Gasteiger partial charge in [0.1, 0.15) is 4.83 Å². The molecule has 4 nitrogen and oxygen atoms in total. The van der Waals surface area contributed by atoms with Gasteiger partial charge in [0.05, 0.1) is 5.69 Å². The summed E-state index contributed by atoms with van der Waals surface area (Å²) >= 11 is 1.90. The summed E-state index contributed by atoms with van der Waals surface area (Å²) in [5.74, 6) is 0.664. The second-order valence-corrected chi connectivity index (χ2v) is 6.25. The van der Waals surface area contributed by atoms with Crippen molar-refractivity contribution in [2.24, 2.45) is 12.8 Å². The number of piperidine rings is 1. The highest BCUT2D eigenvalue weighted by molar-refractivity contribution is 7.18. The van der Waals surface area contributed by atoms with Gasteiger partial charge >= 0.3 is 0 Å². The maximum Gasteiger partial charge on any atom is 0.121 e. The van der Waals surface area contributed by atoms with E-state index in [-0.39, 0.29) is 0 Å². The normalized spacial score (nSPS) is 24.8. The number of thiophene rings is 1. The standard InChI is InChI=1S/C13H20N4S/c1-8-11-6-12(18-13(11)17(2)16-8)9-3-4-15-10(5-9)7-14/h6,9-10,15H,3-5,7,14H2,1-2H3. The van der Waals surface area contributed by atoms with Crippen molar-refractivity contribution in [3.05, 3.63) is 16.6 Å². The topological polar surface area (TPSA) is 55.9 Å². The summed E-state index contributed by atoms with van der Waals surface area (Å²) in [6.07, 6.45) is 2.38. The van der Waals surface area contributed by atoms with Crippen LogP contribution in [0.3, 0.4) is 0 Å². The van der Waals surface area contributed by atoms with Crippen molar-refractivity contribution >= 4 is 21.6 Å². The van der Waals surface area contributed by atoms with E-state index in [9.17, 15) is 0 Å². The van der Waals surface area contributed by atoms with Gasteiger partial charge in [-0.05, 0) is 38.3 Å². The summed E-state index contributed by atoms with van der Waals surface area (Å²) in [6.45, 7) is 3.91. The van der Waals surface area contributed by atoms with Crippen molar-refractivity contribution in [2.75, 3.05) is 13.1 Å². The molecule has 3 heterocycles. The average Bonchev–Trinajstić information content (AvgIpc) is 2.93. The zero-order valence-corrected chi connectivity index (χ0v) is 11.8. The zero-order chi connectivity index (χ0) is 12.7. The molecule has 2 atom stereocenters. The van der Waals surface area contributed by atoms with E-state index in [4.69, 9.17) is 5.73 Å². The minimum atomic E-state index is 0.480. The molecule has 2 aromatic rings. The Hall–Kier alpha value is -0.910. The lowest BCUT2D eigenvalue weighted by Crippen LogP contribution is -2.42. The number of hydrogen-bond donors (Lipinski definition) is 2. The van der Waals surface area contributed by atoms with Gasteiger partial charge in [-0.3, -0.25) is 4.68 Å². The third-order valence-corrected chi connectivity index (χ3v) is 5.26. The van der Waals surface area contributed by atoms with Crippen molar-refractivity contribution in [2.45, 2.75) is 31.7 Å². The molecule has 2 unspecified atom stereocenters. The molecule has 2 aromatic heterocycles. The lowest BCUT2D eigenvalue weighted by molar-refractivity contribution is 0.370. The van der Waals surface area contributed by atoms with E-state index < -0.39 is 0 Å². The summed E-state index contributed by atoms with van der Waals surface area (Å²) in [4.78, 5) is 2.80. The first-order valence-corrected chi connectivity index (χ1v) is 7.37. The van der Waals surface area contributed by atoms with Gasteiger partial charge in [0.2, 0.25) is 0 Å². The monoisotopic (exact) mass is 264 g/mol. The van der Waals surface area contributed by atoms with Crippen LogP contribution in [-0.2, 0) is 7.05 Å². The van der Waals surface area contributed by atoms with Gasteiger partial charge in [-0.2, -0.15) is 5.10 Å². The third-order valence-electron chi connectivity index (χ3n) is 3.90. The van der Waals surface area contributed by atoms with E-state index in [0.717, 1.165) is 25.2 Å². The van der Waals surface area contributed by atoms with Gasteiger partial charge in [0, 0.05) is 29.9 Å². The van der Waals surface area contributed by atoms with Crippen LogP contribution in [0.5, 0.6) is 0 Å². The summed E-state index contributed by atoms with van der Waals surface area (Å²) < 4.78 is 2.00. The summed E-state index contributed by atoms with van der Waals surface area (Å²) in [5.41, 5.74) is 6.91. The Kier molecular flexibility index (Phi) is 3.13. The lowest BCUT2D eigenvalue weighted by atomic mass is 9.91. The Balaban J connectivity index is 1.92. The van der Waals surface area contributed by atoms with Gasteiger partial charge in [-0.15, -0.1) is 11.3 Å². The quantitative estimate of drug-likeness (QED) is 0.868. The summed E-state index contributed by atoms with van der Waals surface area (Å²) in [7, 11) is 2.03. The molecular weight excluding hydrogens is 244 g/mol. The maximum absolute atomic E-state index is 5.77. The summed E-state index contributed by atoms with van der Waals surface area (Å²) in [5, 5.41) is 9.26. The first-order chi connectivity index (χ1) is 8.69. The van der Waals surface area contributed by atoms with Gasteiger partial charge in [-0.1, -0.05) is 0 Å². The Morgan fingerprint density at radius 1 is 1.61 bits per heavy atom. The fourth-order valence-corrected chi connectivity index (χ4v) is 4.14. The Labute approximate surface area is 111 Å². The Morgan fingerprint density at radius 2 is 2.44 bits per heavy atom. The van der Waals surface area contributed by atoms with Crippen molar-refractivity contribution in [3.63, 3.8) is 0 Å². The number of aromatic nitrogens is 2. The van der Waals surface area contributed by atoms with E-state index in [0.29, 0.717) is 12.0 Å². The van der Waals surface area contributed by atoms with Crippen LogP contribution in [0.15, 0.2) is 6.07 Å². The molecule has 0 saturated carbocycles. The van der Waals surface area contributed by atoms with Crippen LogP contribution in [0.25, 0.3) is 10.2 Å². The fourth-order valence-electron chi connectivity index (χ4n) is 2.87. The predicted octanol–water partition coefficient (Wildman–Crippen LogP) is 1.74. The molecule has 5 heteroatoms. The van der Waals surface area contributed by atoms with Gasteiger partial charge in [0.25, 0.3) is 0 Å². The van der Waals surface area contributed by atoms with Crippen molar-refractivity contribution < 1.29 is 0 Å². The minimum absolute atomic E-state index is 0.480. The molecular formula is C13H20N4S. The molecule has 1 fully saturated rings. The number of aryl methyl sites for hydroxylation is 2.